The fourth-order valence-corrected chi connectivity index (χ4v) is 2.37. The number of piperidine rings is 1. The van der Waals surface area contributed by atoms with Crippen molar-refractivity contribution < 1.29 is 9.84 Å². The van der Waals surface area contributed by atoms with Gasteiger partial charge in [-0.1, -0.05) is 6.42 Å². The van der Waals surface area contributed by atoms with Crippen LogP contribution >= 0.6 is 0 Å². The molecule has 0 bridgehead atoms. The van der Waals surface area contributed by atoms with E-state index in [9.17, 15) is 5.11 Å². The Kier molecular flexibility index (Phi) is 4.44. The van der Waals surface area contributed by atoms with Crippen molar-refractivity contribution in [2.24, 2.45) is 0 Å². The van der Waals surface area contributed by atoms with Crippen LogP contribution in [0.2, 0.25) is 0 Å². The summed E-state index contributed by atoms with van der Waals surface area (Å²) in [5.74, 6) is 1.09. The van der Waals surface area contributed by atoms with E-state index < -0.39 is 0 Å². The van der Waals surface area contributed by atoms with E-state index >= 15 is 0 Å². The maximum absolute atomic E-state index is 9.92. The molecule has 1 unspecified atom stereocenters. The van der Waals surface area contributed by atoms with E-state index in [4.69, 9.17) is 4.74 Å². The standard InChI is InChI=1S/C14H22N2O2/c1-11(15-16-8-4-3-5-9-16)13-10-12(18-2)6-7-14(13)17/h6-7,10-11,15,17H,3-5,8-9H2,1-2H3. The number of nitrogens with one attached hydrogen (secondary N) is 1. The van der Waals surface area contributed by atoms with Crippen molar-refractivity contribution >= 4 is 0 Å². The molecule has 1 saturated heterocycles. The summed E-state index contributed by atoms with van der Waals surface area (Å²) in [6.07, 6.45) is 3.80. The Labute approximate surface area is 109 Å². The van der Waals surface area contributed by atoms with Crippen molar-refractivity contribution in [1.29, 1.82) is 0 Å². The molecule has 1 fully saturated rings. The molecule has 1 heterocycles. The Morgan fingerprint density at radius 1 is 1.28 bits per heavy atom. The second-order valence-corrected chi connectivity index (χ2v) is 4.82. The van der Waals surface area contributed by atoms with Gasteiger partial charge in [0.15, 0.2) is 0 Å². The molecule has 1 aromatic rings. The third-order valence-corrected chi connectivity index (χ3v) is 3.43. The Morgan fingerprint density at radius 2 is 2.00 bits per heavy atom. The van der Waals surface area contributed by atoms with E-state index in [1.807, 2.05) is 6.07 Å². The SMILES string of the molecule is COc1ccc(O)c(C(C)NN2CCCCC2)c1. The van der Waals surface area contributed by atoms with Gasteiger partial charge in [0, 0.05) is 24.7 Å². The van der Waals surface area contributed by atoms with E-state index in [0.717, 1.165) is 24.4 Å². The second-order valence-electron chi connectivity index (χ2n) is 4.82. The van der Waals surface area contributed by atoms with Gasteiger partial charge >= 0.3 is 0 Å². The Balaban J connectivity index is 2.04. The molecule has 4 nitrogen and oxygen atoms in total. The first kappa shape index (κ1) is 13.2. The third kappa shape index (κ3) is 3.15. The average Bonchev–Trinajstić information content (AvgIpc) is 2.40. The summed E-state index contributed by atoms with van der Waals surface area (Å²) in [5, 5.41) is 12.2. The number of benzene rings is 1. The number of hydrogen-bond donors (Lipinski definition) is 2. The Hall–Kier alpha value is -1.26. The Morgan fingerprint density at radius 3 is 2.67 bits per heavy atom. The van der Waals surface area contributed by atoms with Crippen molar-refractivity contribution in [3.8, 4) is 11.5 Å². The highest BCUT2D eigenvalue weighted by atomic mass is 16.5. The Bertz CT molecular complexity index is 389. The van der Waals surface area contributed by atoms with Gasteiger partial charge in [0.25, 0.3) is 0 Å². The maximum Gasteiger partial charge on any atom is 0.120 e. The van der Waals surface area contributed by atoms with Crippen LogP contribution in [-0.2, 0) is 0 Å². The van der Waals surface area contributed by atoms with Crippen LogP contribution in [0.3, 0.4) is 0 Å². The number of hydrazine groups is 1. The highest BCUT2D eigenvalue weighted by molar-refractivity contribution is 5.40. The molecule has 18 heavy (non-hydrogen) atoms. The minimum absolute atomic E-state index is 0.0817. The molecule has 2 N–H and O–H groups in total. The van der Waals surface area contributed by atoms with Crippen LogP contribution in [0.5, 0.6) is 11.5 Å². The van der Waals surface area contributed by atoms with Crippen LogP contribution in [0.1, 0.15) is 37.8 Å². The van der Waals surface area contributed by atoms with Crippen molar-refractivity contribution in [3.63, 3.8) is 0 Å². The first-order chi connectivity index (χ1) is 8.70. The molecular weight excluding hydrogens is 228 g/mol. The van der Waals surface area contributed by atoms with Gasteiger partial charge < -0.3 is 9.84 Å². The summed E-state index contributed by atoms with van der Waals surface area (Å²) in [6.45, 7) is 4.22. The monoisotopic (exact) mass is 250 g/mol. The first-order valence-electron chi connectivity index (χ1n) is 6.58. The van der Waals surface area contributed by atoms with Gasteiger partial charge in [-0.05, 0) is 38.0 Å². The zero-order valence-electron chi connectivity index (χ0n) is 11.1. The van der Waals surface area contributed by atoms with E-state index in [1.54, 1.807) is 19.2 Å². The van der Waals surface area contributed by atoms with Gasteiger partial charge in [-0.3, -0.25) is 0 Å². The lowest BCUT2D eigenvalue weighted by atomic mass is 10.1. The van der Waals surface area contributed by atoms with E-state index in [2.05, 4.69) is 17.4 Å². The van der Waals surface area contributed by atoms with E-state index in [1.165, 1.54) is 19.3 Å². The molecule has 0 aromatic heterocycles. The molecule has 100 valence electrons. The summed E-state index contributed by atoms with van der Waals surface area (Å²) < 4.78 is 5.20. The van der Waals surface area contributed by atoms with Crippen LogP contribution in [0.4, 0.5) is 0 Å². The van der Waals surface area contributed by atoms with Crippen LogP contribution in [0, 0.1) is 0 Å². The molecule has 2 rings (SSSR count). The molecular formula is C14H22N2O2. The average molecular weight is 250 g/mol. The third-order valence-electron chi connectivity index (χ3n) is 3.43. The van der Waals surface area contributed by atoms with Gasteiger partial charge in [0.2, 0.25) is 0 Å². The molecule has 0 amide bonds. The van der Waals surface area contributed by atoms with Gasteiger partial charge in [-0.25, -0.2) is 10.4 Å². The summed E-state index contributed by atoms with van der Waals surface area (Å²) in [6, 6.07) is 5.42. The van der Waals surface area contributed by atoms with E-state index in [0.29, 0.717) is 5.75 Å². The van der Waals surface area contributed by atoms with Crippen LogP contribution in [0.15, 0.2) is 18.2 Å². The quantitative estimate of drug-likeness (QED) is 0.861. The summed E-state index contributed by atoms with van der Waals surface area (Å²) in [7, 11) is 1.64. The molecule has 1 aliphatic heterocycles. The highest BCUT2D eigenvalue weighted by Gasteiger charge is 2.16. The van der Waals surface area contributed by atoms with Crippen molar-refractivity contribution in [2.75, 3.05) is 20.2 Å². The van der Waals surface area contributed by atoms with Crippen LogP contribution < -0.4 is 10.2 Å². The van der Waals surface area contributed by atoms with Crippen molar-refractivity contribution in [1.82, 2.24) is 10.4 Å². The van der Waals surface area contributed by atoms with Gasteiger partial charge in [-0.15, -0.1) is 0 Å². The molecule has 0 saturated carbocycles. The zero-order chi connectivity index (χ0) is 13.0. The summed E-state index contributed by atoms with van der Waals surface area (Å²) in [4.78, 5) is 0. The second kappa shape index (κ2) is 6.07. The number of ether oxygens (including phenoxy) is 1. The lowest BCUT2D eigenvalue weighted by Gasteiger charge is -2.30. The smallest absolute Gasteiger partial charge is 0.120 e. The maximum atomic E-state index is 9.92. The lowest BCUT2D eigenvalue weighted by Crippen LogP contribution is -2.42. The van der Waals surface area contributed by atoms with Crippen LogP contribution in [-0.4, -0.2) is 30.3 Å². The van der Waals surface area contributed by atoms with Crippen LogP contribution in [0.25, 0.3) is 0 Å². The zero-order valence-corrected chi connectivity index (χ0v) is 11.1. The number of aromatic hydroxyl groups is 1. The summed E-state index contributed by atoms with van der Waals surface area (Å²) >= 11 is 0. The normalized spacial score (nSPS) is 18.6. The minimum atomic E-state index is 0.0817. The first-order valence-corrected chi connectivity index (χ1v) is 6.58. The number of hydrogen-bond acceptors (Lipinski definition) is 4. The fraction of sp³-hybridized carbons (Fsp3) is 0.571. The predicted octanol–water partition coefficient (Wildman–Crippen LogP) is 2.45. The van der Waals surface area contributed by atoms with Crippen molar-refractivity contribution in [3.05, 3.63) is 23.8 Å². The molecule has 1 aliphatic rings. The largest absolute Gasteiger partial charge is 0.508 e. The van der Waals surface area contributed by atoms with Gasteiger partial charge in [0.05, 0.1) is 7.11 Å². The van der Waals surface area contributed by atoms with E-state index in [-0.39, 0.29) is 6.04 Å². The number of phenolic OH excluding ortho intramolecular Hbond substituents is 1. The number of nitrogens with zero attached hydrogens (tertiary/aromatic N) is 1. The highest BCUT2D eigenvalue weighted by Crippen LogP contribution is 2.28. The molecule has 1 atom stereocenters. The fourth-order valence-electron chi connectivity index (χ4n) is 2.37. The molecule has 4 heteroatoms. The number of methoxy groups -OCH3 is 1. The molecule has 0 radical (unpaired) electrons. The van der Waals surface area contributed by atoms with Gasteiger partial charge in [0.1, 0.15) is 11.5 Å². The number of phenols is 1. The van der Waals surface area contributed by atoms with Gasteiger partial charge in [-0.2, -0.15) is 0 Å². The predicted molar refractivity (Wildman–Crippen MR) is 71.6 cm³/mol. The van der Waals surface area contributed by atoms with Crippen molar-refractivity contribution in [2.45, 2.75) is 32.2 Å². The topological polar surface area (TPSA) is 44.7 Å². The molecule has 1 aromatic carbocycles. The molecule has 0 spiro atoms. The number of rotatable bonds is 4. The summed E-state index contributed by atoms with van der Waals surface area (Å²) in [5.41, 5.74) is 4.32. The minimum Gasteiger partial charge on any atom is -0.508 e. The lowest BCUT2D eigenvalue weighted by molar-refractivity contribution is 0.132. The molecule has 0 aliphatic carbocycles.